The number of benzene rings is 1. The number of ether oxygens (including phenoxy) is 1. The van der Waals surface area contributed by atoms with Crippen LogP contribution in [-0.2, 0) is 15.7 Å². The predicted molar refractivity (Wildman–Crippen MR) is 106 cm³/mol. The van der Waals surface area contributed by atoms with Gasteiger partial charge in [0, 0.05) is 49.6 Å². The van der Waals surface area contributed by atoms with E-state index in [4.69, 9.17) is 4.74 Å². The second-order valence-corrected chi connectivity index (χ2v) is 7.19. The Morgan fingerprint density at radius 3 is 2.55 bits per heavy atom. The number of piperazine rings is 1. The SMILES string of the molecule is CC(C)OC(=O)C=Cn1cnc(-c2cc(C(=O)N3CCNCC3)cc(C(F)(F)F)c2)n1. The fourth-order valence-corrected chi connectivity index (χ4v) is 2.98. The number of esters is 1. The van der Waals surface area contributed by atoms with Crippen molar-refractivity contribution in [2.45, 2.75) is 26.1 Å². The molecule has 31 heavy (non-hydrogen) atoms. The molecule has 0 atom stereocenters. The number of nitrogens with zero attached hydrogens (tertiary/aromatic N) is 4. The van der Waals surface area contributed by atoms with Crippen molar-refractivity contribution in [1.82, 2.24) is 25.0 Å². The van der Waals surface area contributed by atoms with Gasteiger partial charge in [-0.3, -0.25) is 4.79 Å². The molecule has 0 saturated carbocycles. The van der Waals surface area contributed by atoms with Crippen LogP contribution in [0.3, 0.4) is 0 Å². The molecule has 1 aromatic heterocycles. The topological polar surface area (TPSA) is 89.4 Å². The Labute approximate surface area is 176 Å². The molecule has 2 aromatic rings. The predicted octanol–water partition coefficient (Wildman–Crippen LogP) is 2.43. The lowest BCUT2D eigenvalue weighted by molar-refractivity contribution is -0.141. The van der Waals surface area contributed by atoms with Crippen molar-refractivity contribution in [2.75, 3.05) is 26.2 Å². The van der Waals surface area contributed by atoms with Crippen molar-refractivity contribution in [2.24, 2.45) is 0 Å². The first-order valence-electron chi connectivity index (χ1n) is 9.66. The maximum atomic E-state index is 13.4. The van der Waals surface area contributed by atoms with Gasteiger partial charge in [-0.25, -0.2) is 14.5 Å². The summed E-state index contributed by atoms with van der Waals surface area (Å²) in [6.07, 6.45) is -1.28. The highest BCUT2D eigenvalue weighted by atomic mass is 19.4. The van der Waals surface area contributed by atoms with Gasteiger partial charge >= 0.3 is 12.1 Å². The van der Waals surface area contributed by atoms with E-state index in [1.807, 2.05) is 0 Å². The van der Waals surface area contributed by atoms with Crippen LogP contribution in [-0.4, -0.2) is 63.8 Å². The van der Waals surface area contributed by atoms with Crippen LogP contribution < -0.4 is 5.32 Å². The van der Waals surface area contributed by atoms with Gasteiger partial charge in [0.2, 0.25) is 0 Å². The summed E-state index contributed by atoms with van der Waals surface area (Å²) in [6.45, 7) is 5.38. The number of alkyl halides is 3. The lowest BCUT2D eigenvalue weighted by Crippen LogP contribution is -2.46. The number of carbonyl (C=O) groups excluding carboxylic acids is 2. The number of aromatic nitrogens is 3. The first-order valence-corrected chi connectivity index (χ1v) is 9.66. The number of rotatable bonds is 5. The zero-order chi connectivity index (χ0) is 22.6. The van der Waals surface area contributed by atoms with Crippen molar-refractivity contribution in [3.05, 3.63) is 41.7 Å². The third-order valence-electron chi connectivity index (χ3n) is 4.39. The average Bonchev–Trinajstić information content (AvgIpc) is 3.20. The van der Waals surface area contributed by atoms with Crippen molar-refractivity contribution in [3.63, 3.8) is 0 Å². The first kappa shape index (κ1) is 22.5. The third-order valence-corrected chi connectivity index (χ3v) is 4.39. The number of nitrogens with one attached hydrogen (secondary N) is 1. The van der Waals surface area contributed by atoms with Gasteiger partial charge in [0.25, 0.3) is 5.91 Å². The minimum atomic E-state index is -4.64. The fraction of sp³-hybridized carbons (Fsp3) is 0.400. The van der Waals surface area contributed by atoms with E-state index in [-0.39, 0.29) is 23.1 Å². The molecule has 1 aliphatic rings. The second-order valence-electron chi connectivity index (χ2n) is 7.19. The summed E-state index contributed by atoms with van der Waals surface area (Å²) in [7, 11) is 0. The van der Waals surface area contributed by atoms with Crippen LogP contribution in [0, 0.1) is 0 Å². The molecule has 0 aliphatic carbocycles. The van der Waals surface area contributed by atoms with Gasteiger partial charge in [0.1, 0.15) is 6.33 Å². The molecule has 1 aromatic carbocycles. The van der Waals surface area contributed by atoms with Crippen LogP contribution in [0.4, 0.5) is 13.2 Å². The van der Waals surface area contributed by atoms with Crippen molar-refractivity contribution < 1.29 is 27.5 Å². The molecule has 0 bridgehead atoms. The van der Waals surface area contributed by atoms with Crippen LogP contribution >= 0.6 is 0 Å². The summed E-state index contributed by atoms with van der Waals surface area (Å²) < 4.78 is 46.5. The molecule has 1 N–H and O–H groups in total. The quantitative estimate of drug-likeness (QED) is 0.571. The normalized spacial score (nSPS) is 15.0. The molecule has 0 spiro atoms. The molecule has 11 heteroatoms. The van der Waals surface area contributed by atoms with Crippen molar-refractivity contribution in [3.8, 4) is 11.4 Å². The summed E-state index contributed by atoms with van der Waals surface area (Å²) in [5.74, 6) is -1.08. The molecule has 0 unspecified atom stereocenters. The molecular weight excluding hydrogens is 415 g/mol. The summed E-state index contributed by atoms with van der Waals surface area (Å²) in [6, 6.07) is 3.08. The Hall–Kier alpha value is -3.21. The summed E-state index contributed by atoms with van der Waals surface area (Å²) in [4.78, 5) is 29.9. The highest BCUT2D eigenvalue weighted by Gasteiger charge is 2.33. The first-order chi connectivity index (χ1) is 14.6. The van der Waals surface area contributed by atoms with Crippen LogP contribution in [0.1, 0.15) is 29.8 Å². The van der Waals surface area contributed by atoms with E-state index in [1.165, 1.54) is 28.2 Å². The second kappa shape index (κ2) is 9.29. The van der Waals surface area contributed by atoms with Crippen molar-refractivity contribution in [1.29, 1.82) is 0 Å². The molecule has 0 radical (unpaired) electrons. The minimum absolute atomic E-state index is 0.0117. The fourth-order valence-electron chi connectivity index (χ4n) is 2.98. The van der Waals surface area contributed by atoms with Crippen LogP contribution in [0.15, 0.2) is 30.6 Å². The van der Waals surface area contributed by atoms with Gasteiger partial charge in [-0.2, -0.15) is 13.2 Å². The molecule has 1 fully saturated rings. The Kier molecular flexibility index (Phi) is 6.74. The minimum Gasteiger partial charge on any atom is -0.460 e. The van der Waals surface area contributed by atoms with Crippen LogP contribution in [0.2, 0.25) is 0 Å². The van der Waals surface area contributed by atoms with Gasteiger partial charge in [0.05, 0.1) is 11.7 Å². The maximum absolute atomic E-state index is 13.4. The highest BCUT2D eigenvalue weighted by molar-refractivity contribution is 5.95. The molecule has 8 nitrogen and oxygen atoms in total. The van der Waals surface area contributed by atoms with Crippen LogP contribution in [0.25, 0.3) is 17.6 Å². The van der Waals surface area contributed by atoms with E-state index in [1.54, 1.807) is 13.8 Å². The van der Waals surface area contributed by atoms with E-state index >= 15 is 0 Å². The highest BCUT2D eigenvalue weighted by Crippen LogP contribution is 2.33. The largest absolute Gasteiger partial charge is 0.460 e. The molecule has 1 amide bonds. The number of amides is 1. The van der Waals surface area contributed by atoms with Gasteiger partial charge in [-0.05, 0) is 32.0 Å². The molecule has 2 heterocycles. The lowest BCUT2D eigenvalue weighted by Gasteiger charge is -2.27. The lowest BCUT2D eigenvalue weighted by atomic mass is 10.0. The van der Waals surface area contributed by atoms with Gasteiger partial charge in [-0.15, -0.1) is 5.10 Å². The number of hydrogen-bond acceptors (Lipinski definition) is 6. The summed E-state index contributed by atoms with van der Waals surface area (Å²) in [5.41, 5.74) is -1.000. The molecule has 3 rings (SSSR count). The third kappa shape index (κ3) is 5.91. The van der Waals surface area contributed by atoms with E-state index < -0.39 is 23.6 Å². The Morgan fingerprint density at radius 1 is 1.19 bits per heavy atom. The van der Waals surface area contributed by atoms with E-state index in [0.29, 0.717) is 26.2 Å². The van der Waals surface area contributed by atoms with Gasteiger partial charge < -0.3 is 15.0 Å². The Morgan fingerprint density at radius 2 is 1.90 bits per heavy atom. The smallest absolute Gasteiger partial charge is 0.416 e. The zero-order valence-electron chi connectivity index (χ0n) is 17.0. The Balaban J connectivity index is 1.90. The van der Waals surface area contributed by atoms with Crippen LogP contribution in [0.5, 0.6) is 0 Å². The summed E-state index contributed by atoms with van der Waals surface area (Å²) >= 11 is 0. The monoisotopic (exact) mass is 437 g/mol. The molecule has 166 valence electrons. The molecular formula is C20H22F3N5O3. The number of hydrogen-bond donors (Lipinski definition) is 1. The van der Waals surface area contributed by atoms with Crippen molar-refractivity contribution >= 4 is 18.1 Å². The Bertz CT molecular complexity index is 979. The molecule has 1 saturated heterocycles. The number of halogens is 3. The van der Waals surface area contributed by atoms with E-state index in [2.05, 4.69) is 15.4 Å². The standard InChI is InChI=1S/C20H22F3N5O3/c1-13(2)31-17(29)3-6-28-12-25-18(26-28)14-9-15(11-16(10-14)20(21,22)23)19(30)27-7-4-24-5-8-27/h3,6,9-13,24H,4-5,7-8H2,1-2H3. The zero-order valence-corrected chi connectivity index (χ0v) is 17.0. The van der Waals surface area contributed by atoms with Gasteiger partial charge in [0.15, 0.2) is 5.82 Å². The average molecular weight is 437 g/mol. The van der Waals surface area contributed by atoms with Gasteiger partial charge in [-0.1, -0.05) is 0 Å². The molecule has 1 aliphatic heterocycles. The van der Waals surface area contributed by atoms with E-state index in [0.717, 1.165) is 18.2 Å². The maximum Gasteiger partial charge on any atom is 0.416 e. The summed E-state index contributed by atoms with van der Waals surface area (Å²) in [5, 5.41) is 7.17. The number of carbonyl (C=O) groups is 2. The van der Waals surface area contributed by atoms with E-state index in [9.17, 15) is 22.8 Å².